The fourth-order valence-corrected chi connectivity index (χ4v) is 2.90. The zero-order valence-corrected chi connectivity index (χ0v) is 15.9. The molecule has 4 N–H and O–H groups in total. The molecular formula is C21H25FN4O2. The maximum absolute atomic E-state index is 13.6. The lowest BCUT2D eigenvalue weighted by atomic mass is 10.1. The van der Waals surface area contributed by atoms with Gasteiger partial charge in [0.15, 0.2) is 0 Å². The Kier molecular flexibility index (Phi) is 8.25. The van der Waals surface area contributed by atoms with Gasteiger partial charge in [-0.15, -0.1) is 0 Å². The van der Waals surface area contributed by atoms with Gasteiger partial charge in [-0.05, 0) is 49.2 Å². The van der Waals surface area contributed by atoms with Gasteiger partial charge >= 0.3 is 5.97 Å². The van der Waals surface area contributed by atoms with Crippen LogP contribution in [-0.2, 0) is 17.6 Å². The number of halogens is 1. The topological polar surface area (TPSA) is 97.2 Å². The Balaban J connectivity index is 1.68. The van der Waals surface area contributed by atoms with Gasteiger partial charge in [0.05, 0.1) is 23.4 Å². The minimum atomic E-state index is -0.827. The SMILES string of the molecule is CNc1c(C#N)cc(F)cc1NCCCNCCc1ccc(CC(=O)O)cc1. The van der Waals surface area contributed by atoms with Crippen molar-refractivity contribution in [1.82, 2.24) is 5.32 Å². The summed E-state index contributed by atoms with van der Waals surface area (Å²) >= 11 is 0. The lowest BCUT2D eigenvalue weighted by molar-refractivity contribution is -0.136. The Hall–Kier alpha value is -3.11. The van der Waals surface area contributed by atoms with Crippen molar-refractivity contribution in [2.24, 2.45) is 0 Å². The zero-order chi connectivity index (χ0) is 20.4. The first-order valence-corrected chi connectivity index (χ1v) is 9.19. The predicted octanol–water partition coefficient (Wildman–Crippen LogP) is 3.00. The molecule has 0 aliphatic carbocycles. The van der Waals surface area contributed by atoms with E-state index in [2.05, 4.69) is 16.0 Å². The highest BCUT2D eigenvalue weighted by atomic mass is 19.1. The van der Waals surface area contributed by atoms with Crippen LogP contribution in [0, 0.1) is 17.1 Å². The summed E-state index contributed by atoms with van der Waals surface area (Å²) in [6, 6.07) is 12.2. The van der Waals surface area contributed by atoms with Crippen molar-refractivity contribution in [1.29, 1.82) is 5.26 Å². The summed E-state index contributed by atoms with van der Waals surface area (Å²) in [6.07, 6.45) is 1.75. The Labute approximate surface area is 164 Å². The molecule has 0 unspecified atom stereocenters. The van der Waals surface area contributed by atoms with Crippen LogP contribution in [0.3, 0.4) is 0 Å². The molecule has 0 fully saturated rings. The predicted molar refractivity (Wildman–Crippen MR) is 108 cm³/mol. The van der Waals surface area contributed by atoms with E-state index < -0.39 is 11.8 Å². The molecule has 2 aromatic rings. The van der Waals surface area contributed by atoms with Gasteiger partial charge in [0.2, 0.25) is 0 Å². The second kappa shape index (κ2) is 10.9. The van der Waals surface area contributed by atoms with Gasteiger partial charge in [0.1, 0.15) is 11.9 Å². The van der Waals surface area contributed by atoms with Crippen molar-refractivity contribution in [3.05, 3.63) is 58.9 Å². The van der Waals surface area contributed by atoms with Crippen molar-refractivity contribution in [3.63, 3.8) is 0 Å². The number of nitriles is 1. The number of nitrogens with one attached hydrogen (secondary N) is 3. The molecule has 0 aromatic heterocycles. The summed E-state index contributed by atoms with van der Waals surface area (Å²) in [7, 11) is 1.70. The van der Waals surface area contributed by atoms with Gasteiger partial charge in [-0.25, -0.2) is 4.39 Å². The molecule has 2 rings (SSSR count). The average Bonchev–Trinajstić information content (AvgIpc) is 2.67. The molecule has 0 spiro atoms. The smallest absolute Gasteiger partial charge is 0.307 e. The molecule has 0 aliphatic rings. The van der Waals surface area contributed by atoms with Crippen LogP contribution in [0.1, 0.15) is 23.1 Å². The van der Waals surface area contributed by atoms with E-state index in [-0.39, 0.29) is 12.0 Å². The molecule has 148 valence electrons. The fraction of sp³-hybridized carbons (Fsp3) is 0.333. The highest BCUT2D eigenvalue weighted by Crippen LogP contribution is 2.26. The minimum Gasteiger partial charge on any atom is -0.481 e. The number of carboxylic acids is 1. The van der Waals surface area contributed by atoms with Gasteiger partial charge < -0.3 is 21.1 Å². The normalized spacial score (nSPS) is 10.3. The van der Waals surface area contributed by atoms with Crippen molar-refractivity contribution in [2.45, 2.75) is 19.3 Å². The van der Waals surface area contributed by atoms with Gasteiger partial charge in [0.25, 0.3) is 0 Å². The van der Waals surface area contributed by atoms with Crippen LogP contribution in [-0.4, -0.2) is 37.8 Å². The second-order valence-electron chi connectivity index (χ2n) is 6.41. The molecule has 0 heterocycles. The highest BCUT2D eigenvalue weighted by molar-refractivity contribution is 5.75. The molecule has 0 bridgehead atoms. The zero-order valence-electron chi connectivity index (χ0n) is 15.9. The molecule has 0 aliphatic heterocycles. The van der Waals surface area contributed by atoms with Gasteiger partial charge in [0, 0.05) is 13.6 Å². The number of hydrogen-bond donors (Lipinski definition) is 4. The van der Waals surface area contributed by atoms with E-state index in [4.69, 9.17) is 10.4 Å². The lowest BCUT2D eigenvalue weighted by Gasteiger charge is -2.13. The van der Waals surface area contributed by atoms with Crippen LogP contribution in [0.15, 0.2) is 36.4 Å². The summed E-state index contributed by atoms with van der Waals surface area (Å²) in [4.78, 5) is 10.7. The van der Waals surface area contributed by atoms with E-state index in [9.17, 15) is 9.18 Å². The third kappa shape index (κ3) is 6.56. The number of benzene rings is 2. The molecule has 0 saturated heterocycles. The molecule has 2 aromatic carbocycles. The molecule has 0 saturated carbocycles. The third-order valence-corrected chi connectivity index (χ3v) is 4.29. The molecular weight excluding hydrogens is 359 g/mol. The van der Waals surface area contributed by atoms with Crippen molar-refractivity contribution < 1.29 is 14.3 Å². The minimum absolute atomic E-state index is 0.0436. The molecule has 6 nitrogen and oxygen atoms in total. The fourth-order valence-electron chi connectivity index (χ4n) is 2.90. The standard InChI is InChI=1S/C21H25FN4O2/c1-24-21-17(14-23)12-18(22)13-19(21)26-9-2-8-25-10-7-15-3-5-16(6-4-15)11-20(27)28/h3-6,12-13,24-26H,2,7-11H2,1H3,(H,27,28). The second-order valence-corrected chi connectivity index (χ2v) is 6.41. The van der Waals surface area contributed by atoms with E-state index in [0.717, 1.165) is 37.1 Å². The van der Waals surface area contributed by atoms with Crippen LogP contribution in [0.25, 0.3) is 0 Å². The molecule has 0 atom stereocenters. The quantitative estimate of drug-likeness (QED) is 0.445. The van der Waals surface area contributed by atoms with Gasteiger partial charge in [-0.1, -0.05) is 24.3 Å². The maximum Gasteiger partial charge on any atom is 0.307 e. The van der Waals surface area contributed by atoms with E-state index in [1.54, 1.807) is 7.05 Å². The Bertz CT molecular complexity index is 832. The van der Waals surface area contributed by atoms with Crippen molar-refractivity contribution in [2.75, 3.05) is 37.3 Å². The van der Waals surface area contributed by atoms with Crippen LogP contribution in [0.2, 0.25) is 0 Å². The van der Waals surface area contributed by atoms with Gasteiger partial charge in [-0.2, -0.15) is 5.26 Å². The molecule has 28 heavy (non-hydrogen) atoms. The van der Waals surface area contributed by atoms with E-state index in [1.807, 2.05) is 30.3 Å². The van der Waals surface area contributed by atoms with Crippen LogP contribution < -0.4 is 16.0 Å². The monoisotopic (exact) mass is 384 g/mol. The van der Waals surface area contributed by atoms with Gasteiger partial charge in [-0.3, -0.25) is 4.79 Å². The Morgan fingerprint density at radius 3 is 2.50 bits per heavy atom. The first kappa shape index (κ1) is 21.2. The summed E-state index contributed by atoms with van der Waals surface area (Å²) in [5.41, 5.74) is 3.41. The first-order chi connectivity index (χ1) is 13.5. The number of carboxylic acid groups (broad SMARTS) is 1. The van der Waals surface area contributed by atoms with E-state index in [1.165, 1.54) is 12.1 Å². The molecule has 0 amide bonds. The summed E-state index contributed by atoms with van der Waals surface area (Å²) in [6.45, 7) is 2.28. The average molecular weight is 384 g/mol. The van der Waals surface area contributed by atoms with E-state index >= 15 is 0 Å². The van der Waals surface area contributed by atoms with Crippen molar-refractivity contribution >= 4 is 17.3 Å². The van der Waals surface area contributed by atoms with Crippen LogP contribution in [0.5, 0.6) is 0 Å². The molecule has 7 heteroatoms. The Morgan fingerprint density at radius 2 is 1.86 bits per heavy atom. The highest BCUT2D eigenvalue weighted by Gasteiger charge is 2.09. The molecule has 0 radical (unpaired) electrons. The lowest BCUT2D eigenvalue weighted by Crippen LogP contribution is -2.21. The number of nitrogens with zero attached hydrogens (tertiary/aromatic N) is 1. The summed E-state index contributed by atoms with van der Waals surface area (Å²) < 4.78 is 13.6. The third-order valence-electron chi connectivity index (χ3n) is 4.29. The number of anilines is 2. The van der Waals surface area contributed by atoms with Crippen LogP contribution >= 0.6 is 0 Å². The number of aliphatic carboxylic acids is 1. The largest absolute Gasteiger partial charge is 0.481 e. The number of rotatable bonds is 11. The van der Waals surface area contributed by atoms with Crippen LogP contribution in [0.4, 0.5) is 15.8 Å². The van der Waals surface area contributed by atoms with E-state index in [0.29, 0.717) is 17.9 Å². The number of hydrogen-bond acceptors (Lipinski definition) is 5. The number of carbonyl (C=O) groups is 1. The maximum atomic E-state index is 13.6. The summed E-state index contributed by atoms with van der Waals surface area (Å²) in [5, 5.41) is 27.3. The van der Waals surface area contributed by atoms with Crippen molar-refractivity contribution in [3.8, 4) is 6.07 Å². The Morgan fingerprint density at radius 1 is 1.14 bits per heavy atom. The first-order valence-electron chi connectivity index (χ1n) is 9.19. The summed E-state index contributed by atoms with van der Waals surface area (Å²) in [5.74, 6) is -1.27.